The zero-order valence-corrected chi connectivity index (χ0v) is 14.4. The number of nitrogens with zero attached hydrogens (tertiary/aromatic N) is 4. The molecule has 1 N–H and O–H groups in total. The first-order valence-corrected chi connectivity index (χ1v) is 7.99. The van der Waals surface area contributed by atoms with Crippen LogP contribution in [0.1, 0.15) is 18.3 Å². The molecule has 1 heterocycles. The molecule has 0 amide bonds. The molecular formula is C19H17N5O2. The van der Waals surface area contributed by atoms with E-state index >= 15 is 0 Å². The van der Waals surface area contributed by atoms with Gasteiger partial charge in [0.15, 0.2) is 0 Å². The standard InChI is InChI=1S/C19H17N5O2/c1-13(15-8-10-17(11-9-15)24(25)26)22-23-19-12-18(20-14(2)21-19)16-6-4-3-5-7-16/h3-12H,1-2H3,(H,20,21,23)/b22-13+. The number of rotatable bonds is 5. The van der Waals surface area contributed by atoms with E-state index in [0.29, 0.717) is 17.4 Å². The van der Waals surface area contributed by atoms with Crippen molar-refractivity contribution in [3.05, 3.63) is 82.2 Å². The number of aryl methyl sites for hydroxylation is 1. The van der Waals surface area contributed by atoms with Crippen molar-refractivity contribution in [3.8, 4) is 11.3 Å². The zero-order valence-electron chi connectivity index (χ0n) is 14.4. The van der Waals surface area contributed by atoms with E-state index in [1.807, 2.05) is 50.2 Å². The maximum Gasteiger partial charge on any atom is 0.269 e. The summed E-state index contributed by atoms with van der Waals surface area (Å²) in [6.07, 6.45) is 0. The van der Waals surface area contributed by atoms with Gasteiger partial charge in [0.1, 0.15) is 11.6 Å². The Bertz CT molecular complexity index is 953. The molecule has 2 aromatic carbocycles. The lowest BCUT2D eigenvalue weighted by atomic mass is 10.1. The third-order valence-electron chi connectivity index (χ3n) is 3.74. The van der Waals surface area contributed by atoms with Gasteiger partial charge >= 0.3 is 0 Å². The fourth-order valence-corrected chi connectivity index (χ4v) is 2.41. The van der Waals surface area contributed by atoms with E-state index in [2.05, 4.69) is 20.5 Å². The highest BCUT2D eigenvalue weighted by molar-refractivity contribution is 5.99. The van der Waals surface area contributed by atoms with Crippen molar-refractivity contribution in [2.24, 2.45) is 5.10 Å². The van der Waals surface area contributed by atoms with Crippen molar-refractivity contribution < 1.29 is 4.92 Å². The summed E-state index contributed by atoms with van der Waals surface area (Å²) in [7, 11) is 0. The first kappa shape index (κ1) is 17.2. The lowest BCUT2D eigenvalue weighted by molar-refractivity contribution is -0.384. The average molecular weight is 347 g/mol. The third-order valence-corrected chi connectivity index (χ3v) is 3.74. The highest BCUT2D eigenvalue weighted by atomic mass is 16.6. The Morgan fingerprint density at radius 2 is 1.77 bits per heavy atom. The molecule has 3 rings (SSSR count). The second-order valence-electron chi connectivity index (χ2n) is 5.66. The number of hydrogen-bond donors (Lipinski definition) is 1. The molecule has 0 radical (unpaired) electrons. The molecule has 26 heavy (non-hydrogen) atoms. The maximum atomic E-state index is 10.7. The second kappa shape index (κ2) is 7.52. The van der Waals surface area contributed by atoms with E-state index in [4.69, 9.17) is 0 Å². The fourth-order valence-electron chi connectivity index (χ4n) is 2.41. The minimum Gasteiger partial charge on any atom is -0.261 e. The van der Waals surface area contributed by atoms with Crippen molar-refractivity contribution in [2.45, 2.75) is 13.8 Å². The van der Waals surface area contributed by atoms with Crippen LogP contribution in [-0.2, 0) is 0 Å². The summed E-state index contributed by atoms with van der Waals surface area (Å²) in [5.74, 6) is 1.22. The van der Waals surface area contributed by atoms with Crippen molar-refractivity contribution in [3.63, 3.8) is 0 Å². The lowest BCUT2D eigenvalue weighted by Crippen LogP contribution is -2.03. The van der Waals surface area contributed by atoms with Gasteiger partial charge in [-0.2, -0.15) is 5.10 Å². The molecule has 0 aliphatic heterocycles. The Hall–Kier alpha value is -3.61. The van der Waals surface area contributed by atoms with E-state index in [-0.39, 0.29) is 5.69 Å². The topological polar surface area (TPSA) is 93.3 Å². The third kappa shape index (κ3) is 4.07. The number of aromatic nitrogens is 2. The van der Waals surface area contributed by atoms with Gasteiger partial charge < -0.3 is 0 Å². The van der Waals surface area contributed by atoms with Crippen LogP contribution in [0.3, 0.4) is 0 Å². The molecular weight excluding hydrogens is 330 g/mol. The largest absolute Gasteiger partial charge is 0.269 e. The molecule has 7 nitrogen and oxygen atoms in total. The van der Waals surface area contributed by atoms with Gasteiger partial charge in [-0.3, -0.25) is 15.5 Å². The number of hydrazone groups is 1. The highest BCUT2D eigenvalue weighted by Gasteiger charge is 2.06. The number of nitro benzene ring substituents is 1. The molecule has 0 spiro atoms. The summed E-state index contributed by atoms with van der Waals surface area (Å²) in [5, 5.41) is 15.0. The van der Waals surface area contributed by atoms with E-state index in [1.165, 1.54) is 12.1 Å². The van der Waals surface area contributed by atoms with Gasteiger partial charge in [0.2, 0.25) is 0 Å². The first-order chi connectivity index (χ1) is 12.5. The normalized spacial score (nSPS) is 11.2. The summed E-state index contributed by atoms with van der Waals surface area (Å²) in [4.78, 5) is 19.1. The van der Waals surface area contributed by atoms with E-state index in [1.54, 1.807) is 12.1 Å². The number of nitrogens with one attached hydrogen (secondary N) is 1. The van der Waals surface area contributed by atoms with Crippen LogP contribution in [0.25, 0.3) is 11.3 Å². The van der Waals surface area contributed by atoms with Gasteiger partial charge in [-0.15, -0.1) is 0 Å². The highest BCUT2D eigenvalue weighted by Crippen LogP contribution is 2.19. The van der Waals surface area contributed by atoms with Gasteiger partial charge in [-0.05, 0) is 31.5 Å². The number of anilines is 1. The Morgan fingerprint density at radius 1 is 1.08 bits per heavy atom. The molecule has 1 aromatic heterocycles. The Labute approximate surface area is 150 Å². The van der Waals surface area contributed by atoms with Gasteiger partial charge in [-0.1, -0.05) is 30.3 Å². The minimum absolute atomic E-state index is 0.0495. The molecule has 0 saturated heterocycles. The molecule has 7 heteroatoms. The number of hydrogen-bond acceptors (Lipinski definition) is 6. The molecule has 3 aromatic rings. The minimum atomic E-state index is -0.427. The number of non-ortho nitro benzene ring substituents is 1. The molecule has 130 valence electrons. The second-order valence-corrected chi connectivity index (χ2v) is 5.66. The van der Waals surface area contributed by atoms with Gasteiger partial charge in [0.25, 0.3) is 5.69 Å². The van der Waals surface area contributed by atoms with Gasteiger partial charge in [0, 0.05) is 23.8 Å². The summed E-state index contributed by atoms with van der Waals surface area (Å²) in [6.45, 7) is 3.64. The Balaban J connectivity index is 1.81. The van der Waals surface area contributed by atoms with Crippen LogP contribution in [-0.4, -0.2) is 20.6 Å². The number of benzene rings is 2. The molecule has 0 unspecified atom stereocenters. The summed E-state index contributed by atoms with van der Waals surface area (Å²) in [5.41, 5.74) is 6.27. The van der Waals surface area contributed by atoms with Crippen molar-refractivity contribution >= 4 is 17.2 Å². The zero-order chi connectivity index (χ0) is 18.5. The Kier molecular flexibility index (Phi) is 4.98. The molecule has 0 fully saturated rings. The van der Waals surface area contributed by atoms with Gasteiger partial charge in [0.05, 0.1) is 16.3 Å². The number of nitro groups is 1. The average Bonchev–Trinajstić information content (AvgIpc) is 2.66. The smallest absolute Gasteiger partial charge is 0.261 e. The molecule has 0 saturated carbocycles. The summed E-state index contributed by atoms with van der Waals surface area (Å²) < 4.78 is 0. The van der Waals surface area contributed by atoms with E-state index in [9.17, 15) is 10.1 Å². The van der Waals surface area contributed by atoms with Crippen LogP contribution in [0.4, 0.5) is 11.5 Å². The van der Waals surface area contributed by atoms with Crippen LogP contribution in [0.5, 0.6) is 0 Å². The van der Waals surface area contributed by atoms with E-state index in [0.717, 1.165) is 16.8 Å². The molecule has 0 bridgehead atoms. The van der Waals surface area contributed by atoms with Crippen LogP contribution < -0.4 is 5.43 Å². The van der Waals surface area contributed by atoms with Crippen molar-refractivity contribution in [2.75, 3.05) is 5.43 Å². The molecule has 0 atom stereocenters. The first-order valence-electron chi connectivity index (χ1n) is 7.99. The van der Waals surface area contributed by atoms with Crippen LogP contribution in [0.15, 0.2) is 65.8 Å². The SMILES string of the molecule is C/C(=N\Nc1cc(-c2ccccc2)nc(C)n1)c1ccc([N+](=O)[O-])cc1. The van der Waals surface area contributed by atoms with Gasteiger partial charge in [-0.25, -0.2) is 9.97 Å². The molecule has 0 aliphatic rings. The Morgan fingerprint density at radius 3 is 2.42 bits per heavy atom. The summed E-state index contributed by atoms with van der Waals surface area (Å²) in [6, 6.07) is 17.9. The van der Waals surface area contributed by atoms with Crippen molar-refractivity contribution in [1.29, 1.82) is 0 Å². The van der Waals surface area contributed by atoms with Crippen LogP contribution in [0, 0.1) is 17.0 Å². The quantitative estimate of drug-likeness (QED) is 0.424. The fraction of sp³-hybridized carbons (Fsp3) is 0.105. The predicted molar refractivity (Wildman–Crippen MR) is 101 cm³/mol. The predicted octanol–water partition coefficient (Wildman–Crippen LogP) is 4.20. The lowest BCUT2D eigenvalue weighted by Gasteiger charge is -2.07. The maximum absolute atomic E-state index is 10.7. The summed E-state index contributed by atoms with van der Waals surface area (Å²) >= 11 is 0. The van der Waals surface area contributed by atoms with Crippen LogP contribution in [0.2, 0.25) is 0 Å². The van der Waals surface area contributed by atoms with E-state index < -0.39 is 4.92 Å². The van der Waals surface area contributed by atoms with Crippen LogP contribution >= 0.6 is 0 Å². The van der Waals surface area contributed by atoms with Crippen molar-refractivity contribution in [1.82, 2.24) is 9.97 Å². The monoisotopic (exact) mass is 347 g/mol. The molecule has 0 aliphatic carbocycles.